The van der Waals surface area contributed by atoms with E-state index in [2.05, 4.69) is 27.2 Å². The summed E-state index contributed by atoms with van der Waals surface area (Å²) >= 11 is 0. The lowest BCUT2D eigenvalue weighted by atomic mass is 10.1. The molecule has 5 rings (SSSR count). The van der Waals surface area contributed by atoms with Crippen molar-refractivity contribution in [3.05, 3.63) is 61.2 Å². The Bertz CT molecular complexity index is 1180. The lowest BCUT2D eigenvalue weighted by molar-refractivity contribution is 0.226. The van der Waals surface area contributed by atoms with E-state index >= 15 is 0 Å². The molecule has 0 fully saturated rings. The predicted octanol–water partition coefficient (Wildman–Crippen LogP) is 4.70. The zero-order valence-electron chi connectivity index (χ0n) is 16.8. The number of hydrogen-bond donors (Lipinski definition) is 1. The zero-order chi connectivity index (χ0) is 20.3. The van der Waals surface area contributed by atoms with Crippen molar-refractivity contribution in [3.63, 3.8) is 0 Å². The van der Waals surface area contributed by atoms with Gasteiger partial charge in [-0.25, -0.2) is 14.6 Å². The fraction of sp³-hybridized carbons (Fsp3) is 0.261. The highest BCUT2D eigenvalue weighted by Gasteiger charge is 2.15. The molecule has 30 heavy (non-hydrogen) atoms. The summed E-state index contributed by atoms with van der Waals surface area (Å²) in [6.07, 6.45) is 12.1. The monoisotopic (exact) mass is 401 g/mol. The van der Waals surface area contributed by atoms with Crippen LogP contribution in [0.3, 0.4) is 0 Å². The molecule has 7 nitrogen and oxygen atoms in total. The third kappa shape index (κ3) is 3.66. The van der Waals surface area contributed by atoms with Crippen LogP contribution in [0.2, 0.25) is 0 Å². The molecule has 0 saturated heterocycles. The number of nitrogens with one attached hydrogen (secondary N) is 1. The number of fused-ring (bicyclic) bond motifs is 1. The summed E-state index contributed by atoms with van der Waals surface area (Å²) in [5, 5.41) is 4.19. The fourth-order valence-electron chi connectivity index (χ4n) is 3.75. The second-order valence-corrected chi connectivity index (χ2v) is 7.36. The molecular formula is C23H23N5O2. The Morgan fingerprint density at radius 2 is 2.07 bits per heavy atom. The van der Waals surface area contributed by atoms with Gasteiger partial charge in [-0.15, -0.1) is 0 Å². The van der Waals surface area contributed by atoms with Crippen LogP contribution in [-0.2, 0) is 0 Å². The van der Waals surface area contributed by atoms with E-state index in [-0.39, 0.29) is 6.10 Å². The highest BCUT2D eigenvalue weighted by molar-refractivity contribution is 5.81. The molecule has 152 valence electrons. The molecule has 0 saturated carbocycles. The van der Waals surface area contributed by atoms with Gasteiger partial charge in [0.25, 0.3) is 0 Å². The molecule has 0 aliphatic heterocycles. The van der Waals surface area contributed by atoms with Crippen LogP contribution in [0, 0.1) is 0 Å². The highest BCUT2D eigenvalue weighted by atomic mass is 16.5. The van der Waals surface area contributed by atoms with Gasteiger partial charge in [-0.1, -0.05) is 6.08 Å². The van der Waals surface area contributed by atoms with E-state index in [1.165, 1.54) is 12.7 Å². The summed E-state index contributed by atoms with van der Waals surface area (Å²) in [6, 6.07) is 11.9. The number of rotatable bonds is 5. The Balaban J connectivity index is 1.48. The zero-order valence-corrected chi connectivity index (χ0v) is 16.8. The van der Waals surface area contributed by atoms with Crippen LogP contribution in [0.15, 0.2) is 61.2 Å². The number of aromatic amines is 1. The smallest absolute Gasteiger partial charge is 0.162 e. The molecule has 2 heterocycles. The molecule has 0 amide bonds. The summed E-state index contributed by atoms with van der Waals surface area (Å²) < 4.78 is 13.5. The number of ether oxygens (including phenoxy) is 2. The highest BCUT2D eigenvalue weighted by Crippen LogP contribution is 2.34. The van der Waals surface area contributed by atoms with E-state index in [4.69, 9.17) is 14.5 Å². The fourth-order valence-corrected chi connectivity index (χ4v) is 3.75. The molecule has 4 aromatic rings. The largest absolute Gasteiger partial charge is 0.493 e. The van der Waals surface area contributed by atoms with Crippen LogP contribution in [0.4, 0.5) is 0 Å². The Kier molecular flexibility index (Phi) is 4.93. The van der Waals surface area contributed by atoms with Crippen molar-refractivity contribution < 1.29 is 9.47 Å². The number of nitrogens with zero attached hydrogens (tertiary/aromatic N) is 4. The van der Waals surface area contributed by atoms with E-state index in [0.29, 0.717) is 0 Å². The molecule has 1 atom stereocenters. The van der Waals surface area contributed by atoms with Gasteiger partial charge >= 0.3 is 0 Å². The molecule has 2 aromatic heterocycles. The van der Waals surface area contributed by atoms with Gasteiger partial charge in [-0.05, 0) is 68.2 Å². The first-order valence-corrected chi connectivity index (χ1v) is 10.2. The first-order valence-electron chi connectivity index (χ1n) is 10.2. The van der Waals surface area contributed by atoms with Gasteiger partial charge in [-0.3, -0.25) is 0 Å². The Morgan fingerprint density at radius 1 is 1.10 bits per heavy atom. The van der Waals surface area contributed by atoms with Gasteiger partial charge in [0.05, 0.1) is 23.8 Å². The van der Waals surface area contributed by atoms with Crippen LogP contribution in [0.1, 0.15) is 25.7 Å². The number of H-pyrrole nitrogens is 1. The van der Waals surface area contributed by atoms with Crippen molar-refractivity contribution in [2.75, 3.05) is 7.11 Å². The summed E-state index contributed by atoms with van der Waals surface area (Å²) in [7, 11) is 1.66. The lowest BCUT2D eigenvalue weighted by Gasteiger charge is -2.17. The number of aromatic nitrogens is 5. The van der Waals surface area contributed by atoms with Crippen molar-refractivity contribution in [3.8, 4) is 28.6 Å². The minimum Gasteiger partial charge on any atom is -0.493 e. The second-order valence-electron chi connectivity index (χ2n) is 7.36. The van der Waals surface area contributed by atoms with Crippen LogP contribution < -0.4 is 9.47 Å². The van der Waals surface area contributed by atoms with Crippen molar-refractivity contribution in [1.29, 1.82) is 0 Å². The minimum atomic E-state index is 0.0672. The number of hydrogen-bond acceptors (Lipinski definition) is 5. The molecule has 1 unspecified atom stereocenters. The van der Waals surface area contributed by atoms with E-state index in [0.717, 1.165) is 58.9 Å². The Hall–Kier alpha value is -3.61. The number of allylic oxidation sites excluding steroid dienone is 1. The molecular weight excluding hydrogens is 378 g/mol. The summed E-state index contributed by atoms with van der Waals surface area (Å²) in [5.74, 6) is 2.24. The van der Waals surface area contributed by atoms with Crippen molar-refractivity contribution in [2.24, 2.45) is 0 Å². The van der Waals surface area contributed by atoms with Crippen LogP contribution >= 0.6 is 0 Å². The number of imidazole rings is 1. The summed E-state index contributed by atoms with van der Waals surface area (Å²) in [6.45, 7) is 0. The summed E-state index contributed by atoms with van der Waals surface area (Å²) in [5.41, 5.74) is 3.69. The molecule has 0 bridgehead atoms. The minimum absolute atomic E-state index is 0.0672. The molecule has 2 aromatic carbocycles. The molecule has 1 aliphatic rings. The third-order valence-electron chi connectivity index (χ3n) is 5.32. The van der Waals surface area contributed by atoms with Crippen LogP contribution in [-0.4, -0.2) is 37.9 Å². The van der Waals surface area contributed by atoms with Gasteiger partial charge in [0.15, 0.2) is 11.5 Å². The molecule has 7 heteroatoms. The Morgan fingerprint density at radius 3 is 2.93 bits per heavy atom. The summed E-state index contributed by atoms with van der Waals surface area (Å²) in [4.78, 5) is 12.2. The topological polar surface area (TPSA) is 77.9 Å². The predicted molar refractivity (Wildman–Crippen MR) is 115 cm³/mol. The number of benzene rings is 2. The van der Waals surface area contributed by atoms with Gasteiger partial charge in [0.2, 0.25) is 0 Å². The normalized spacial score (nSPS) is 16.5. The number of methoxy groups -OCH3 is 1. The van der Waals surface area contributed by atoms with Crippen molar-refractivity contribution >= 4 is 11.0 Å². The van der Waals surface area contributed by atoms with Gasteiger partial charge in [-0.2, -0.15) is 5.10 Å². The standard InChI is InChI=1S/C23H23N5O2/c1-29-21-11-8-16(12-22(21)30-18-6-4-2-3-5-7-18)23-26-19-10-9-17(13-20(19)27-23)28-15-24-14-25-28/h4,6,8-15,18H,2-3,5,7H2,1H3,(H,26,27). The van der Waals surface area contributed by atoms with Crippen molar-refractivity contribution in [2.45, 2.75) is 31.8 Å². The molecule has 1 N–H and O–H groups in total. The van der Waals surface area contributed by atoms with E-state index in [1.807, 2.05) is 36.4 Å². The third-order valence-corrected chi connectivity index (χ3v) is 5.32. The van der Waals surface area contributed by atoms with Crippen molar-refractivity contribution in [1.82, 2.24) is 24.7 Å². The molecule has 0 spiro atoms. The Labute approximate surface area is 174 Å². The second kappa shape index (κ2) is 8.02. The molecule has 1 aliphatic carbocycles. The maximum Gasteiger partial charge on any atom is 0.162 e. The maximum absolute atomic E-state index is 6.29. The first-order chi connectivity index (χ1) is 14.8. The molecule has 0 radical (unpaired) electrons. The van der Waals surface area contributed by atoms with E-state index in [1.54, 1.807) is 18.1 Å². The average Bonchev–Trinajstić information content (AvgIpc) is 3.39. The van der Waals surface area contributed by atoms with Gasteiger partial charge in [0, 0.05) is 5.56 Å². The average molecular weight is 401 g/mol. The van der Waals surface area contributed by atoms with Gasteiger partial charge in [0.1, 0.15) is 24.6 Å². The quantitative estimate of drug-likeness (QED) is 0.491. The van der Waals surface area contributed by atoms with E-state index < -0.39 is 0 Å². The lowest BCUT2D eigenvalue weighted by Crippen LogP contribution is -2.13. The van der Waals surface area contributed by atoms with Crippen LogP contribution in [0.25, 0.3) is 28.1 Å². The first kappa shape index (κ1) is 18.4. The van der Waals surface area contributed by atoms with E-state index in [9.17, 15) is 0 Å². The van der Waals surface area contributed by atoms with Gasteiger partial charge < -0.3 is 14.5 Å². The maximum atomic E-state index is 6.29. The van der Waals surface area contributed by atoms with Crippen LogP contribution in [0.5, 0.6) is 11.5 Å². The SMILES string of the molecule is COc1ccc(-c2nc3ccc(-n4cncn4)cc3[nH]2)cc1OC1C=CCCCC1.